The molecule has 0 amide bonds. The molecule has 0 bridgehead atoms. The van der Waals surface area contributed by atoms with Crippen LogP contribution in [-0.4, -0.2) is 38.4 Å². The van der Waals surface area contributed by atoms with E-state index in [0.717, 1.165) is 21.3 Å². The molecule has 0 aliphatic rings. The molecule has 25 heavy (non-hydrogen) atoms. The normalized spacial score (nSPS) is 10.6. The number of para-hydroxylation sites is 1. The summed E-state index contributed by atoms with van der Waals surface area (Å²) in [6, 6.07) is 11.7. The summed E-state index contributed by atoms with van der Waals surface area (Å²) in [7, 11) is 6.91. The highest BCUT2D eigenvalue weighted by molar-refractivity contribution is 9.10. The smallest absolute Gasteiger partial charge is 0.264 e. The topological polar surface area (TPSA) is 30.9 Å². The summed E-state index contributed by atoms with van der Waals surface area (Å²) in [4.78, 5) is 1.72. The standard InChI is InChI=1S/C19H20BrNO3S/c1-21(2)19(25)24-18-15(20)11-13(12-17(18)23-4)9-10-14-7-5-6-8-16(14)22-3/h5-12H,1-4H3/b10-9-. The zero-order valence-electron chi connectivity index (χ0n) is 14.6. The molecule has 0 saturated heterocycles. The SMILES string of the molecule is COc1ccccc1/C=C\c1cc(Br)c(OC(=S)N(C)C)c(OC)c1. The summed E-state index contributed by atoms with van der Waals surface area (Å²) in [6.45, 7) is 0. The van der Waals surface area contributed by atoms with Crippen molar-refractivity contribution in [2.24, 2.45) is 0 Å². The van der Waals surface area contributed by atoms with E-state index < -0.39 is 0 Å². The van der Waals surface area contributed by atoms with Gasteiger partial charge in [0, 0.05) is 19.7 Å². The van der Waals surface area contributed by atoms with Crippen LogP contribution in [0, 0.1) is 0 Å². The molecular formula is C19H20BrNO3S. The number of methoxy groups -OCH3 is 2. The van der Waals surface area contributed by atoms with Gasteiger partial charge in [-0.2, -0.15) is 0 Å². The molecule has 6 heteroatoms. The van der Waals surface area contributed by atoms with Gasteiger partial charge in [-0.05, 0) is 51.9 Å². The number of halogens is 1. The average Bonchev–Trinajstić information content (AvgIpc) is 2.61. The first-order valence-corrected chi connectivity index (χ1v) is 8.74. The Hall–Kier alpha value is -2.05. The number of nitrogens with zero attached hydrogens (tertiary/aromatic N) is 1. The van der Waals surface area contributed by atoms with Gasteiger partial charge in [0.15, 0.2) is 11.5 Å². The molecule has 132 valence electrons. The fourth-order valence-corrected chi connectivity index (χ4v) is 2.73. The Bertz CT molecular complexity index is 790. The predicted octanol–water partition coefficient (Wildman–Crippen LogP) is 4.86. The molecule has 0 fully saturated rings. The van der Waals surface area contributed by atoms with E-state index in [2.05, 4.69) is 15.9 Å². The molecule has 0 heterocycles. The summed E-state index contributed by atoms with van der Waals surface area (Å²) in [5.74, 6) is 1.97. The lowest BCUT2D eigenvalue weighted by Crippen LogP contribution is -2.25. The second-order valence-electron chi connectivity index (χ2n) is 5.37. The largest absolute Gasteiger partial charge is 0.496 e. The molecule has 0 aliphatic heterocycles. The molecule has 2 rings (SSSR count). The van der Waals surface area contributed by atoms with Crippen LogP contribution in [-0.2, 0) is 0 Å². The van der Waals surface area contributed by atoms with Crippen LogP contribution < -0.4 is 14.2 Å². The van der Waals surface area contributed by atoms with Crippen molar-refractivity contribution in [3.8, 4) is 17.2 Å². The first kappa shape index (κ1) is 19.3. The Labute approximate surface area is 162 Å². The molecule has 0 unspecified atom stereocenters. The molecule has 0 spiro atoms. The summed E-state index contributed by atoms with van der Waals surface area (Å²) in [5.41, 5.74) is 1.95. The third-order valence-electron chi connectivity index (χ3n) is 3.40. The van der Waals surface area contributed by atoms with Gasteiger partial charge < -0.3 is 19.1 Å². The second kappa shape index (κ2) is 8.87. The molecule has 0 radical (unpaired) electrons. The van der Waals surface area contributed by atoms with E-state index in [1.165, 1.54) is 0 Å². The molecular weight excluding hydrogens is 402 g/mol. The summed E-state index contributed by atoms with van der Waals surface area (Å²) >= 11 is 8.73. The lowest BCUT2D eigenvalue weighted by Gasteiger charge is -2.17. The highest BCUT2D eigenvalue weighted by Crippen LogP contribution is 2.37. The zero-order valence-corrected chi connectivity index (χ0v) is 17.0. The molecule has 2 aromatic rings. The van der Waals surface area contributed by atoms with Crippen molar-refractivity contribution in [3.63, 3.8) is 0 Å². The molecule has 0 aromatic heterocycles. The third kappa shape index (κ3) is 4.96. The van der Waals surface area contributed by atoms with E-state index in [-0.39, 0.29) is 0 Å². The zero-order chi connectivity index (χ0) is 18.4. The Morgan fingerprint density at radius 2 is 1.72 bits per heavy atom. The van der Waals surface area contributed by atoms with Gasteiger partial charge in [0.25, 0.3) is 5.17 Å². The van der Waals surface area contributed by atoms with E-state index in [1.807, 2.05) is 62.6 Å². The maximum Gasteiger partial charge on any atom is 0.264 e. The molecule has 0 atom stereocenters. The van der Waals surface area contributed by atoms with Gasteiger partial charge in [0.2, 0.25) is 0 Å². The average molecular weight is 422 g/mol. The molecule has 2 aromatic carbocycles. The number of hydrogen-bond acceptors (Lipinski definition) is 4. The van der Waals surface area contributed by atoms with Gasteiger partial charge in [-0.25, -0.2) is 0 Å². The van der Waals surface area contributed by atoms with Gasteiger partial charge in [0.05, 0.1) is 18.7 Å². The maximum absolute atomic E-state index is 5.72. The molecule has 0 aliphatic carbocycles. The summed E-state index contributed by atoms with van der Waals surface area (Å²) in [6.07, 6.45) is 3.98. The van der Waals surface area contributed by atoms with E-state index >= 15 is 0 Å². The van der Waals surface area contributed by atoms with Crippen LogP contribution in [0.2, 0.25) is 0 Å². The van der Waals surface area contributed by atoms with Gasteiger partial charge in [-0.15, -0.1) is 0 Å². The predicted molar refractivity (Wildman–Crippen MR) is 110 cm³/mol. The Morgan fingerprint density at radius 3 is 2.36 bits per heavy atom. The van der Waals surface area contributed by atoms with Crippen LogP contribution in [0.15, 0.2) is 40.9 Å². The van der Waals surface area contributed by atoms with Crippen molar-refractivity contribution in [2.75, 3.05) is 28.3 Å². The van der Waals surface area contributed by atoms with Crippen LogP contribution in [0.1, 0.15) is 11.1 Å². The van der Waals surface area contributed by atoms with Gasteiger partial charge in [-0.1, -0.05) is 30.4 Å². The number of thiocarbonyl (C=S) groups is 1. The van der Waals surface area contributed by atoms with Crippen molar-refractivity contribution in [1.29, 1.82) is 0 Å². The first-order chi connectivity index (χ1) is 12.0. The highest BCUT2D eigenvalue weighted by Gasteiger charge is 2.14. The van der Waals surface area contributed by atoms with Crippen molar-refractivity contribution >= 4 is 45.5 Å². The Morgan fingerprint density at radius 1 is 1.04 bits per heavy atom. The van der Waals surface area contributed by atoms with Crippen LogP contribution in [0.4, 0.5) is 0 Å². The summed E-state index contributed by atoms with van der Waals surface area (Å²) in [5, 5.41) is 0.358. The van der Waals surface area contributed by atoms with Gasteiger partial charge >= 0.3 is 0 Å². The number of hydrogen-bond donors (Lipinski definition) is 0. The van der Waals surface area contributed by atoms with Crippen molar-refractivity contribution < 1.29 is 14.2 Å². The van der Waals surface area contributed by atoms with Crippen LogP contribution >= 0.6 is 28.1 Å². The van der Waals surface area contributed by atoms with Gasteiger partial charge in [0.1, 0.15) is 5.75 Å². The van der Waals surface area contributed by atoms with Gasteiger partial charge in [-0.3, -0.25) is 0 Å². The summed E-state index contributed by atoms with van der Waals surface area (Å²) < 4.78 is 17.3. The van der Waals surface area contributed by atoms with Crippen LogP contribution in [0.5, 0.6) is 17.2 Å². The Kier molecular flexibility index (Phi) is 6.84. The number of ether oxygens (including phenoxy) is 3. The third-order valence-corrected chi connectivity index (χ3v) is 4.44. The van der Waals surface area contributed by atoms with E-state index in [4.69, 9.17) is 26.4 Å². The maximum atomic E-state index is 5.72. The quantitative estimate of drug-likeness (QED) is 0.507. The van der Waals surface area contributed by atoms with Crippen molar-refractivity contribution in [1.82, 2.24) is 4.90 Å². The minimum atomic E-state index is 0.358. The fraction of sp³-hybridized carbons (Fsp3) is 0.211. The first-order valence-electron chi connectivity index (χ1n) is 7.54. The lowest BCUT2D eigenvalue weighted by molar-refractivity contribution is 0.376. The number of rotatable bonds is 5. The lowest BCUT2D eigenvalue weighted by atomic mass is 10.1. The van der Waals surface area contributed by atoms with E-state index in [9.17, 15) is 0 Å². The van der Waals surface area contributed by atoms with Crippen LogP contribution in [0.25, 0.3) is 12.2 Å². The second-order valence-corrected chi connectivity index (χ2v) is 6.58. The van der Waals surface area contributed by atoms with E-state index in [0.29, 0.717) is 16.7 Å². The van der Waals surface area contributed by atoms with Crippen molar-refractivity contribution in [2.45, 2.75) is 0 Å². The van der Waals surface area contributed by atoms with Crippen LogP contribution in [0.3, 0.4) is 0 Å². The Balaban J connectivity index is 2.33. The molecule has 0 saturated carbocycles. The highest BCUT2D eigenvalue weighted by atomic mass is 79.9. The molecule has 0 N–H and O–H groups in total. The molecule has 4 nitrogen and oxygen atoms in total. The number of benzene rings is 2. The minimum Gasteiger partial charge on any atom is -0.496 e. The van der Waals surface area contributed by atoms with E-state index in [1.54, 1.807) is 19.1 Å². The monoisotopic (exact) mass is 421 g/mol. The minimum absolute atomic E-state index is 0.358. The fourth-order valence-electron chi connectivity index (χ4n) is 2.10. The van der Waals surface area contributed by atoms with Crippen molar-refractivity contribution in [3.05, 3.63) is 52.0 Å².